The zero-order chi connectivity index (χ0) is 10.7. The summed E-state index contributed by atoms with van der Waals surface area (Å²) in [4.78, 5) is 0. The Hall–Kier alpha value is -1.28. The molecule has 0 N–H and O–H groups in total. The molecule has 0 aliphatic carbocycles. The van der Waals surface area contributed by atoms with E-state index in [-0.39, 0.29) is 0 Å². The van der Waals surface area contributed by atoms with E-state index in [4.69, 9.17) is 4.74 Å². The topological polar surface area (TPSA) is 9.23 Å². The van der Waals surface area contributed by atoms with Gasteiger partial charge in [-0.1, -0.05) is 40.7 Å². The summed E-state index contributed by atoms with van der Waals surface area (Å²) >= 11 is 3.45. The highest BCUT2D eigenvalue weighted by atomic mass is 79.9. The lowest BCUT2D eigenvalue weighted by molar-refractivity contribution is 0.364. The fourth-order valence-corrected chi connectivity index (χ4v) is 1.82. The first-order chi connectivity index (χ1) is 7.29. The van der Waals surface area contributed by atoms with Crippen LogP contribution < -0.4 is 4.74 Å². The van der Waals surface area contributed by atoms with Crippen molar-refractivity contribution < 1.29 is 4.74 Å². The molecule has 0 radical (unpaired) electrons. The first-order valence-corrected chi connectivity index (χ1v) is 5.52. The molecule has 0 spiro atoms. The molecule has 15 heavy (non-hydrogen) atoms. The number of rotatable bonds is 3. The van der Waals surface area contributed by atoms with Crippen LogP contribution in [-0.2, 0) is 0 Å². The van der Waals surface area contributed by atoms with E-state index in [1.54, 1.807) is 6.08 Å². The monoisotopic (exact) mass is 262 g/mol. The van der Waals surface area contributed by atoms with Gasteiger partial charge in [-0.05, 0) is 35.0 Å². The van der Waals surface area contributed by atoms with Crippen molar-refractivity contribution in [3.63, 3.8) is 0 Å². The van der Waals surface area contributed by atoms with Gasteiger partial charge in [0.2, 0.25) is 0 Å². The highest BCUT2D eigenvalue weighted by Crippen LogP contribution is 2.23. The summed E-state index contributed by atoms with van der Waals surface area (Å²) in [6.07, 6.45) is 1.74. The summed E-state index contributed by atoms with van der Waals surface area (Å²) in [7, 11) is 0. The Morgan fingerprint density at radius 3 is 2.67 bits per heavy atom. The Bertz CT molecular complexity index is 491. The Kier molecular flexibility index (Phi) is 3.07. The predicted octanol–water partition coefficient (Wildman–Crippen LogP) is 4.17. The zero-order valence-electron chi connectivity index (χ0n) is 8.24. The van der Waals surface area contributed by atoms with E-state index in [1.807, 2.05) is 18.2 Å². The SMILES string of the molecule is C=CCOc1ccc2cc(Br)ccc2c1. The Balaban J connectivity index is 2.38. The maximum absolute atomic E-state index is 5.46. The van der Waals surface area contributed by atoms with Gasteiger partial charge >= 0.3 is 0 Å². The van der Waals surface area contributed by atoms with Crippen LogP contribution in [0.15, 0.2) is 53.5 Å². The second kappa shape index (κ2) is 4.49. The van der Waals surface area contributed by atoms with Gasteiger partial charge in [0.15, 0.2) is 0 Å². The number of halogens is 1. The van der Waals surface area contributed by atoms with Crippen molar-refractivity contribution in [2.45, 2.75) is 0 Å². The molecule has 0 saturated carbocycles. The molecule has 0 heterocycles. The minimum atomic E-state index is 0.544. The average Bonchev–Trinajstić information content (AvgIpc) is 2.26. The molecule has 0 aliphatic rings. The van der Waals surface area contributed by atoms with Crippen molar-refractivity contribution >= 4 is 26.7 Å². The molecule has 2 aromatic rings. The standard InChI is InChI=1S/C13H11BrO/c1-2-7-15-13-6-4-10-8-12(14)5-3-11(10)9-13/h2-6,8-9H,1,7H2. The second-order valence-corrected chi connectivity index (χ2v) is 4.17. The molecule has 0 unspecified atom stereocenters. The van der Waals surface area contributed by atoms with Crippen molar-refractivity contribution in [3.8, 4) is 5.75 Å². The van der Waals surface area contributed by atoms with E-state index in [9.17, 15) is 0 Å². The van der Waals surface area contributed by atoms with Crippen LogP contribution >= 0.6 is 15.9 Å². The number of hydrogen-bond donors (Lipinski definition) is 0. The molecule has 76 valence electrons. The lowest BCUT2D eigenvalue weighted by atomic mass is 10.1. The maximum atomic E-state index is 5.46. The molecule has 0 atom stereocenters. The summed E-state index contributed by atoms with van der Waals surface area (Å²) in [6.45, 7) is 4.16. The molecule has 0 amide bonds. The quantitative estimate of drug-likeness (QED) is 0.755. The number of ether oxygens (including phenoxy) is 1. The Morgan fingerprint density at radius 1 is 1.13 bits per heavy atom. The summed E-state index contributed by atoms with van der Waals surface area (Å²) in [5.41, 5.74) is 0. The van der Waals surface area contributed by atoms with E-state index in [0.29, 0.717) is 6.61 Å². The first kappa shape index (κ1) is 10.2. The van der Waals surface area contributed by atoms with Gasteiger partial charge in [0.1, 0.15) is 12.4 Å². The van der Waals surface area contributed by atoms with Crippen LogP contribution in [0.2, 0.25) is 0 Å². The van der Waals surface area contributed by atoms with Gasteiger partial charge in [0.05, 0.1) is 0 Å². The molecular weight excluding hydrogens is 252 g/mol. The van der Waals surface area contributed by atoms with Crippen LogP contribution in [0, 0.1) is 0 Å². The van der Waals surface area contributed by atoms with Gasteiger partial charge in [0.25, 0.3) is 0 Å². The van der Waals surface area contributed by atoms with E-state index < -0.39 is 0 Å². The first-order valence-electron chi connectivity index (χ1n) is 4.72. The van der Waals surface area contributed by atoms with Gasteiger partial charge in [-0.3, -0.25) is 0 Å². The third-order valence-electron chi connectivity index (χ3n) is 2.14. The largest absolute Gasteiger partial charge is 0.490 e. The molecule has 0 fully saturated rings. The predicted molar refractivity (Wildman–Crippen MR) is 67.3 cm³/mol. The van der Waals surface area contributed by atoms with Gasteiger partial charge in [-0.25, -0.2) is 0 Å². The highest BCUT2D eigenvalue weighted by molar-refractivity contribution is 9.10. The van der Waals surface area contributed by atoms with Gasteiger partial charge < -0.3 is 4.74 Å². The van der Waals surface area contributed by atoms with E-state index >= 15 is 0 Å². The zero-order valence-corrected chi connectivity index (χ0v) is 9.83. The highest BCUT2D eigenvalue weighted by Gasteiger charge is 1.97. The summed E-state index contributed by atoms with van der Waals surface area (Å²) in [6, 6.07) is 12.2. The summed E-state index contributed by atoms with van der Waals surface area (Å²) in [5.74, 6) is 0.879. The normalized spacial score (nSPS) is 10.2. The molecule has 2 aromatic carbocycles. The third-order valence-corrected chi connectivity index (χ3v) is 2.63. The molecule has 2 rings (SSSR count). The van der Waals surface area contributed by atoms with E-state index in [0.717, 1.165) is 10.2 Å². The van der Waals surface area contributed by atoms with E-state index in [1.165, 1.54) is 10.8 Å². The fourth-order valence-electron chi connectivity index (χ4n) is 1.44. The smallest absolute Gasteiger partial charge is 0.120 e. The van der Waals surface area contributed by atoms with E-state index in [2.05, 4.69) is 40.7 Å². The van der Waals surface area contributed by atoms with Crippen LogP contribution in [0.3, 0.4) is 0 Å². The molecule has 1 nitrogen and oxygen atoms in total. The maximum Gasteiger partial charge on any atom is 0.120 e. The second-order valence-electron chi connectivity index (χ2n) is 3.25. The van der Waals surface area contributed by atoms with Crippen LogP contribution in [0.5, 0.6) is 5.75 Å². The van der Waals surface area contributed by atoms with Gasteiger partial charge in [-0.2, -0.15) is 0 Å². The molecule has 0 aromatic heterocycles. The van der Waals surface area contributed by atoms with Crippen LogP contribution in [0.1, 0.15) is 0 Å². The van der Waals surface area contributed by atoms with Crippen molar-refractivity contribution in [2.24, 2.45) is 0 Å². The van der Waals surface area contributed by atoms with Crippen LogP contribution in [0.4, 0.5) is 0 Å². The lowest BCUT2D eigenvalue weighted by Crippen LogP contribution is -1.92. The number of hydrogen-bond acceptors (Lipinski definition) is 1. The number of fused-ring (bicyclic) bond motifs is 1. The van der Waals surface area contributed by atoms with Crippen molar-refractivity contribution in [1.29, 1.82) is 0 Å². The van der Waals surface area contributed by atoms with Crippen molar-refractivity contribution in [1.82, 2.24) is 0 Å². The molecule has 2 heteroatoms. The van der Waals surface area contributed by atoms with Crippen molar-refractivity contribution in [3.05, 3.63) is 53.5 Å². The summed E-state index contributed by atoms with van der Waals surface area (Å²) < 4.78 is 6.56. The lowest BCUT2D eigenvalue weighted by Gasteiger charge is -2.04. The molecular formula is C13H11BrO. The average molecular weight is 263 g/mol. The van der Waals surface area contributed by atoms with Crippen LogP contribution in [-0.4, -0.2) is 6.61 Å². The number of benzene rings is 2. The van der Waals surface area contributed by atoms with Gasteiger partial charge in [0, 0.05) is 4.47 Å². The minimum absolute atomic E-state index is 0.544. The summed E-state index contributed by atoms with van der Waals surface area (Å²) in [5, 5.41) is 2.38. The fraction of sp³-hybridized carbons (Fsp3) is 0.0769. The van der Waals surface area contributed by atoms with Crippen LogP contribution in [0.25, 0.3) is 10.8 Å². The van der Waals surface area contributed by atoms with Gasteiger partial charge in [-0.15, -0.1) is 0 Å². The molecule has 0 saturated heterocycles. The Morgan fingerprint density at radius 2 is 1.87 bits per heavy atom. The Labute approximate surface area is 97.5 Å². The molecule has 0 bridgehead atoms. The minimum Gasteiger partial charge on any atom is -0.490 e. The van der Waals surface area contributed by atoms with Crippen molar-refractivity contribution in [2.75, 3.05) is 6.61 Å². The third kappa shape index (κ3) is 2.39. The molecule has 0 aliphatic heterocycles.